The predicted octanol–water partition coefficient (Wildman–Crippen LogP) is 3.14. The Morgan fingerprint density at radius 1 is 1.43 bits per heavy atom. The van der Waals surface area contributed by atoms with Gasteiger partial charge in [-0.1, -0.05) is 0 Å². The topological polar surface area (TPSA) is 24.5 Å². The number of alkyl halides is 3. The molecule has 1 aliphatic rings. The SMILES string of the molecule is C[C@H]1CN(CCOc2cc(C(F)(F)F)ccc2Br)CCN1. The summed E-state index contributed by atoms with van der Waals surface area (Å²) >= 11 is 3.22. The highest BCUT2D eigenvalue weighted by Gasteiger charge is 2.31. The van der Waals surface area contributed by atoms with Crippen molar-refractivity contribution in [2.75, 3.05) is 32.8 Å². The number of piperazine rings is 1. The molecule has 0 radical (unpaired) electrons. The lowest BCUT2D eigenvalue weighted by Gasteiger charge is -2.31. The summed E-state index contributed by atoms with van der Waals surface area (Å²) in [7, 11) is 0. The third kappa shape index (κ3) is 4.86. The Kier molecular flexibility index (Phi) is 5.51. The van der Waals surface area contributed by atoms with Gasteiger partial charge in [0, 0.05) is 32.2 Å². The van der Waals surface area contributed by atoms with E-state index in [2.05, 4.69) is 33.1 Å². The van der Waals surface area contributed by atoms with Crippen LogP contribution < -0.4 is 10.1 Å². The van der Waals surface area contributed by atoms with Gasteiger partial charge in [0.25, 0.3) is 0 Å². The van der Waals surface area contributed by atoms with Gasteiger partial charge in [-0.15, -0.1) is 0 Å². The largest absolute Gasteiger partial charge is 0.491 e. The van der Waals surface area contributed by atoms with Gasteiger partial charge in [-0.25, -0.2) is 0 Å². The van der Waals surface area contributed by atoms with Gasteiger partial charge in [-0.05, 0) is 41.1 Å². The molecule has 0 unspecified atom stereocenters. The number of nitrogens with zero attached hydrogens (tertiary/aromatic N) is 1. The molecule has 1 saturated heterocycles. The Balaban J connectivity index is 1.90. The van der Waals surface area contributed by atoms with E-state index < -0.39 is 11.7 Å². The van der Waals surface area contributed by atoms with Gasteiger partial charge in [0.1, 0.15) is 12.4 Å². The van der Waals surface area contributed by atoms with E-state index in [0.717, 1.165) is 31.8 Å². The Morgan fingerprint density at radius 2 is 2.19 bits per heavy atom. The van der Waals surface area contributed by atoms with E-state index in [1.165, 1.54) is 6.07 Å². The molecule has 0 aliphatic carbocycles. The second kappa shape index (κ2) is 6.98. The number of ether oxygens (including phenoxy) is 1. The molecular weight excluding hydrogens is 349 g/mol. The van der Waals surface area contributed by atoms with Crippen molar-refractivity contribution in [1.29, 1.82) is 0 Å². The molecule has 2 rings (SSSR count). The van der Waals surface area contributed by atoms with Crippen LogP contribution in [0.5, 0.6) is 5.75 Å². The first-order valence-electron chi connectivity index (χ1n) is 6.81. The minimum absolute atomic E-state index is 0.230. The zero-order valence-electron chi connectivity index (χ0n) is 11.7. The van der Waals surface area contributed by atoms with Crippen LogP contribution in [0.2, 0.25) is 0 Å². The molecule has 7 heteroatoms. The third-order valence-corrected chi connectivity index (χ3v) is 4.03. The fourth-order valence-corrected chi connectivity index (χ4v) is 2.65. The van der Waals surface area contributed by atoms with Crippen molar-refractivity contribution >= 4 is 15.9 Å². The van der Waals surface area contributed by atoms with Gasteiger partial charge in [0.2, 0.25) is 0 Å². The monoisotopic (exact) mass is 366 g/mol. The van der Waals surface area contributed by atoms with Gasteiger partial charge in [-0.2, -0.15) is 13.2 Å². The normalized spacial score (nSPS) is 20.5. The molecule has 0 spiro atoms. The molecule has 1 atom stereocenters. The quantitative estimate of drug-likeness (QED) is 0.885. The molecule has 0 saturated carbocycles. The molecule has 0 amide bonds. The second-order valence-electron chi connectivity index (χ2n) is 5.15. The number of hydrogen-bond donors (Lipinski definition) is 1. The van der Waals surface area contributed by atoms with Crippen LogP contribution in [0.4, 0.5) is 13.2 Å². The van der Waals surface area contributed by atoms with Crippen LogP contribution in [0.25, 0.3) is 0 Å². The third-order valence-electron chi connectivity index (χ3n) is 3.38. The highest BCUT2D eigenvalue weighted by atomic mass is 79.9. The highest BCUT2D eigenvalue weighted by molar-refractivity contribution is 9.10. The lowest BCUT2D eigenvalue weighted by Crippen LogP contribution is -2.50. The van der Waals surface area contributed by atoms with Crippen molar-refractivity contribution in [3.63, 3.8) is 0 Å². The van der Waals surface area contributed by atoms with Crippen LogP contribution in [0.15, 0.2) is 22.7 Å². The maximum Gasteiger partial charge on any atom is 0.416 e. The Bertz CT molecular complexity index is 482. The molecule has 1 aromatic carbocycles. The molecule has 1 fully saturated rings. The van der Waals surface area contributed by atoms with E-state index in [-0.39, 0.29) is 5.75 Å². The van der Waals surface area contributed by atoms with Crippen molar-refractivity contribution in [1.82, 2.24) is 10.2 Å². The average molecular weight is 367 g/mol. The summed E-state index contributed by atoms with van der Waals surface area (Å²) in [5, 5.41) is 3.34. The van der Waals surface area contributed by atoms with Crippen molar-refractivity contribution < 1.29 is 17.9 Å². The van der Waals surface area contributed by atoms with Crippen LogP contribution in [0.1, 0.15) is 12.5 Å². The minimum atomic E-state index is -4.35. The summed E-state index contributed by atoms with van der Waals surface area (Å²) in [4.78, 5) is 2.24. The van der Waals surface area contributed by atoms with Crippen molar-refractivity contribution in [2.24, 2.45) is 0 Å². The van der Waals surface area contributed by atoms with Gasteiger partial charge >= 0.3 is 6.18 Å². The standard InChI is InChI=1S/C14H18BrF3N2O/c1-10-9-20(5-4-19-10)6-7-21-13-8-11(14(16,17)18)2-3-12(13)15/h2-3,8,10,19H,4-7,9H2,1H3/t10-/m0/s1. The van der Waals surface area contributed by atoms with Crippen LogP contribution in [-0.4, -0.2) is 43.7 Å². The molecule has 1 N–H and O–H groups in total. The zero-order valence-corrected chi connectivity index (χ0v) is 13.3. The predicted molar refractivity (Wildman–Crippen MR) is 78.5 cm³/mol. The number of halogens is 4. The summed E-state index contributed by atoms with van der Waals surface area (Å²) < 4.78 is 44.0. The molecule has 1 heterocycles. The number of hydrogen-bond acceptors (Lipinski definition) is 3. The Hall–Kier alpha value is -0.790. The van der Waals surface area contributed by atoms with Gasteiger partial charge in [0.15, 0.2) is 0 Å². The molecule has 21 heavy (non-hydrogen) atoms. The maximum absolute atomic E-state index is 12.7. The Labute approximate surface area is 130 Å². The summed E-state index contributed by atoms with van der Waals surface area (Å²) in [6.07, 6.45) is -4.35. The maximum atomic E-state index is 12.7. The summed E-state index contributed by atoms with van der Waals surface area (Å²) in [6, 6.07) is 3.86. The zero-order chi connectivity index (χ0) is 15.5. The number of rotatable bonds is 4. The lowest BCUT2D eigenvalue weighted by molar-refractivity contribution is -0.137. The van der Waals surface area contributed by atoms with E-state index in [1.807, 2.05) is 0 Å². The molecule has 3 nitrogen and oxygen atoms in total. The van der Waals surface area contributed by atoms with Crippen molar-refractivity contribution in [2.45, 2.75) is 19.1 Å². The van der Waals surface area contributed by atoms with Gasteiger partial charge in [0.05, 0.1) is 10.0 Å². The van der Waals surface area contributed by atoms with Gasteiger partial charge in [-0.3, -0.25) is 4.90 Å². The average Bonchev–Trinajstić information content (AvgIpc) is 2.39. The van der Waals surface area contributed by atoms with E-state index in [4.69, 9.17) is 4.74 Å². The summed E-state index contributed by atoms with van der Waals surface area (Å²) in [5.41, 5.74) is -0.698. The second-order valence-corrected chi connectivity index (χ2v) is 6.00. The van der Waals surface area contributed by atoms with Crippen molar-refractivity contribution in [3.8, 4) is 5.75 Å². The van der Waals surface area contributed by atoms with Crippen LogP contribution in [-0.2, 0) is 6.18 Å². The van der Waals surface area contributed by atoms with E-state index >= 15 is 0 Å². The van der Waals surface area contributed by atoms with Crippen LogP contribution in [0, 0.1) is 0 Å². The summed E-state index contributed by atoms with van der Waals surface area (Å²) in [6.45, 7) is 5.96. The smallest absolute Gasteiger partial charge is 0.416 e. The highest BCUT2D eigenvalue weighted by Crippen LogP contribution is 2.35. The molecule has 0 aromatic heterocycles. The van der Waals surface area contributed by atoms with Crippen LogP contribution in [0.3, 0.4) is 0 Å². The molecule has 1 aromatic rings. The molecular formula is C14H18BrF3N2O. The van der Waals surface area contributed by atoms with E-state index in [9.17, 15) is 13.2 Å². The fraction of sp³-hybridized carbons (Fsp3) is 0.571. The summed E-state index contributed by atoms with van der Waals surface area (Å²) in [5.74, 6) is 0.230. The van der Waals surface area contributed by atoms with E-state index in [0.29, 0.717) is 23.7 Å². The molecule has 118 valence electrons. The fourth-order valence-electron chi connectivity index (χ4n) is 2.29. The van der Waals surface area contributed by atoms with Crippen LogP contribution >= 0.6 is 15.9 Å². The van der Waals surface area contributed by atoms with Gasteiger partial charge < -0.3 is 10.1 Å². The molecule has 1 aliphatic heterocycles. The van der Waals surface area contributed by atoms with E-state index in [1.54, 1.807) is 0 Å². The first-order chi connectivity index (χ1) is 9.86. The first kappa shape index (κ1) is 16.6. The van der Waals surface area contributed by atoms with Crippen molar-refractivity contribution in [3.05, 3.63) is 28.2 Å². The lowest BCUT2D eigenvalue weighted by atomic mass is 10.2. The minimum Gasteiger partial charge on any atom is -0.491 e. The number of nitrogens with one attached hydrogen (secondary N) is 1. The molecule has 0 bridgehead atoms. The Morgan fingerprint density at radius 3 is 2.86 bits per heavy atom. The first-order valence-corrected chi connectivity index (χ1v) is 7.61. The number of benzene rings is 1.